The lowest BCUT2D eigenvalue weighted by Crippen LogP contribution is -2.39. The van der Waals surface area contributed by atoms with Crippen LogP contribution in [0, 0.1) is 0 Å². The molecule has 0 unspecified atom stereocenters. The summed E-state index contributed by atoms with van der Waals surface area (Å²) < 4.78 is 6.01. The number of anilines is 2. The molecule has 17 heavy (non-hydrogen) atoms. The molecule has 1 atom stereocenters. The van der Waals surface area contributed by atoms with Crippen molar-refractivity contribution in [2.24, 2.45) is 0 Å². The van der Waals surface area contributed by atoms with Gasteiger partial charge in [0.1, 0.15) is 5.82 Å². The Bertz CT molecular complexity index is 384. The molecule has 3 rings (SSSR count). The molecule has 4 heteroatoms. The summed E-state index contributed by atoms with van der Waals surface area (Å²) in [7, 11) is 0. The van der Waals surface area contributed by atoms with Crippen molar-refractivity contribution < 1.29 is 4.74 Å². The standard InChI is InChI=1S/C13H19N3O/c14-11-3-4-12(15-9-11)16-7-6-13(10-16)5-1-2-8-17-13/h3-4,9H,1-2,5-8,10,14H2/t13-/m0/s1. The summed E-state index contributed by atoms with van der Waals surface area (Å²) in [5.41, 5.74) is 6.47. The average molecular weight is 233 g/mol. The first-order valence-corrected chi connectivity index (χ1v) is 6.38. The van der Waals surface area contributed by atoms with E-state index in [0.717, 1.165) is 37.6 Å². The van der Waals surface area contributed by atoms with E-state index in [9.17, 15) is 0 Å². The predicted octanol–water partition coefficient (Wildman–Crippen LogP) is 1.81. The van der Waals surface area contributed by atoms with Crippen molar-refractivity contribution in [1.82, 2.24) is 4.98 Å². The summed E-state index contributed by atoms with van der Waals surface area (Å²) in [6, 6.07) is 3.91. The number of pyridine rings is 1. The number of hydrogen-bond donors (Lipinski definition) is 1. The molecule has 0 aromatic carbocycles. The minimum absolute atomic E-state index is 0.0985. The fourth-order valence-corrected chi connectivity index (χ4v) is 2.86. The van der Waals surface area contributed by atoms with Crippen LogP contribution in [0.25, 0.3) is 0 Å². The zero-order valence-corrected chi connectivity index (χ0v) is 10.1. The van der Waals surface area contributed by atoms with E-state index in [-0.39, 0.29) is 5.60 Å². The first-order valence-electron chi connectivity index (χ1n) is 6.38. The van der Waals surface area contributed by atoms with E-state index < -0.39 is 0 Å². The van der Waals surface area contributed by atoms with Crippen LogP contribution < -0.4 is 10.6 Å². The minimum Gasteiger partial charge on any atom is -0.397 e. The van der Waals surface area contributed by atoms with Crippen LogP contribution >= 0.6 is 0 Å². The maximum absolute atomic E-state index is 6.01. The number of aromatic nitrogens is 1. The van der Waals surface area contributed by atoms with Crippen LogP contribution in [-0.2, 0) is 4.74 Å². The van der Waals surface area contributed by atoms with Gasteiger partial charge < -0.3 is 15.4 Å². The molecule has 2 aliphatic heterocycles. The van der Waals surface area contributed by atoms with Gasteiger partial charge in [0.25, 0.3) is 0 Å². The monoisotopic (exact) mass is 233 g/mol. The van der Waals surface area contributed by atoms with Gasteiger partial charge in [-0.05, 0) is 37.8 Å². The Morgan fingerprint density at radius 3 is 2.94 bits per heavy atom. The quantitative estimate of drug-likeness (QED) is 0.803. The smallest absolute Gasteiger partial charge is 0.128 e. The van der Waals surface area contributed by atoms with Crippen molar-refractivity contribution in [2.45, 2.75) is 31.3 Å². The first-order chi connectivity index (χ1) is 8.27. The molecule has 3 heterocycles. The number of nitrogen functional groups attached to an aromatic ring is 1. The fraction of sp³-hybridized carbons (Fsp3) is 0.615. The van der Waals surface area contributed by atoms with E-state index in [1.54, 1.807) is 6.20 Å². The van der Waals surface area contributed by atoms with Crippen molar-refractivity contribution in [1.29, 1.82) is 0 Å². The summed E-state index contributed by atoms with van der Waals surface area (Å²) in [5.74, 6) is 1.02. The summed E-state index contributed by atoms with van der Waals surface area (Å²) in [5, 5.41) is 0. The largest absolute Gasteiger partial charge is 0.397 e. The van der Waals surface area contributed by atoms with Crippen molar-refractivity contribution in [3.8, 4) is 0 Å². The second-order valence-electron chi connectivity index (χ2n) is 5.11. The lowest BCUT2D eigenvalue weighted by Gasteiger charge is -2.33. The zero-order chi connectivity index (χ0) is 11.7. The molecule has 0 bridgehead atoms. The van der Waals surface area contributed by atoms with E-state index >= 15 is 0 Å². The van der Waals surface area contributed by atoms with Crippen LogP contribution in [0.5, 0.6) is 0 Å². The molecule has 1 spiro atoms. The highest BCUT2D eigenvalue weighted by molar-refractivity contribution is 5.47. The molecule has 1 aromatic rings. The van der Waals surface area contributed by atoms with Crippen LogP contribution in [0.2, 0.25) is 0 Å². The molecule has 0 aliphatic carbocycles. The molecule has 0 amide bonds. The molecular formula is C13H19N3O. The number of nitrogens with two attached hydrogens (primary N) is 1. The molecule has 1 aromatic heterocycles. The highest BCUT2D eigenvalue weighted by Crippen LogP contribution is 2.35. The predicted molar refractivity (Wildman–Crippen MR) is 68.0 cm³/mol. The Morgan fingerprint density at radius 2 is 2.24 bits per heavy atom. The van der Waals surface area contributed by atoms with E-state index in [4.69, 9.17) is 10.5 Å². The number of ether oxygens (including phenoxy) is 1. The van der Waals surface area contributed by atoms with Gasteiger partial charge in [0.2, 0.25) is 0 Å². The Balaban J connectivity index is 1.72. The maximum Gasteiger partial charge on any atom is 0.128 e. The fourth-order valence-electron chi connectivity index (χ4n) is 2.86. The highest BCUT2D eigenvalue weighted by atomic mass is 16.5. The Kier molecular flexibility index (Phi) is 2.67. The van der Waals surface area contributed by atoms with E-state index in [1.807, 2.05) is 12.1 Å². The second-order valence-corrected chi connectivity index (χ2v) is 5.11. The molecule has 0 saturated carbocycles. The minimum atomic E-state index is 0.0985. The topological polar surface area (TPSA) is 51.4 Å². The molecular weight excluding hydrogens is 214 g/mol. The molecule has 92 valence electrons. The van der Waals surface area contributed by atoms with Crippen molar-refractivity contribution in [3.05, 3.63) is 18.3 Å². The summed E-state index contributed by atoms with van der Waals surface area (Å²) in [6.45, 7) is 2.93. The SMILES string of the molecule is Nc1ccc(N2CC[C@@]3(CCCCO3)C2)nc1. The summed E-state index contributed by atoms with van der Waals surface area (Å²) in [4.78, 5) is 6.69. The molecule has 2 aliphatic rings. The van der Waals surface area contributed by atoms with Crippen molar-refractivity contribution in [3.63, 3.8) is 0 Å². The van der Waals surface area contributed by atoms with Gasteiger partial charge in [-0.3, -0.25) is 0 Å². The molecule has 2 fully saturated rings. The lowest BCUT2D eigenvalue weighted by atomic mass is 9.93. The maximum atomic E-state index is 6.01. The van der Waals surface area contributed by atoms with Gasteiger partial charge in [-0.2, -0.15) is 0 Å². The Hall–Kier alpha value is -1.29. The third-order valence-corrected chi connectivity index (χ3v) is 3.85. The number of hydrogen-bond acceptors (Lipinski definition) is 4. The zero-order valence-electron chi connectivity index (χ0n) is 10.1. The van der Waals surface area contributed by atoms with Crippen molar-refractivity contribution >= 4 is 11.5 Å². The van der Waals surface area contributed by atoms with Crippen LogP contribution in [0.1, 0.15) is 25.7 Å². The average Bonchev–Trinajstić information content (AvgIpc) is 2.75. The molecule has 0 radical (unpaired) electrons. The third-order valence-electron chi connectivity index (χ3n) is 3.85. The summed E-state index contributed by atoms with van der Waals surface area (Å²) >= 11 is 0. The number of rotatable bonds is 1. The van der Waals surface area contributed by atoms with Crippen LogP contribution in [0.3, 0.4) is 0 Å². The molecule has 2 N–H and O–H groups in total. The van der Waals surface area contributed by atoms with Gasteiger partial charge in [-0.15, -0.1) is 0 Å². The lowest BCUT2D eigenvalue weighted by molar-refractivity contribution is -0.0622. The first kappa shape index (κ1) is 10.8. The van der Waals surface area contributed by atoms with Gasteiger partial charge in [-0.25, -0.2) is 4.98 Å². The van der Waals surface area contributed by atoms with Gasteiger partial charge in [-0.1, -0.05) is 0 Å². The van der Waals surface area contributed by atoms with Crippen LogP contribution in [-0.4, -0.2) is 30.3 Å². The van der Waals surface area contributed by atoms with Crippen molar-refractivity contribution in [2.75, 3.05) is 30.3 Å². The van der Waals surface area contributed by atoms with E-state index in [2.05, 4.69) is 9.88 Å². The van der Waals surface area contributed by atoms with Gasteiger partial charge >= 0.3 is 0 Å². The van der Waals surface area contributed by atoms with E-state index in [0.29, 0.717) is 0 Å². The number of nitrogens with zero attached hydrogens (tertiary/aromatic N) is 2. The normalized spacial score (nSPS) is 28.8. The van der Waals surface area contributed by atoms with Gasteiger partial charge in [0.15, 0.2) is 0 Å². The Morgan fingerprint density at radius 1 is 1.29 bits per heavy atom. The summed E-state index contributed by atoms with van der Waals surface area (Å²) in [6.07, 6.45) is 6.55. The van der Waals surface area contributed by atoms with Crippen LogP contribution in [0.15, 0.2) is 18.3 Å². The van der Waals surface area contributed by atoms with Crippen LogP contribution in [0.4, 0.5) is 11.5 Å². The van der Waals surface area contributed by atoms with Gasteiger partial charge in [0.05, 0.1) is 17.5 Å². The molecule has 2 saturated heterocycles. The third kappa shape index (κ3) is 2.09. The van der Waals surface area contributed by atoms with E-state index in [1.165, 1.54) is 19.3 Å². The second kappa shape index (κ2) is 4.18. The molecule has 4 nitrogen and oxygen atoms in total. The van der Waals surface area contributed by atoms with Gasteiger partial charge in [0, 0.05) is 19.7 Å². The highest BCUT2D eigenvalue weighted by Gasteiger charge is 2.40. The Labute approximate surface area is 102 Å².